The van der Waals surface area contributed by atoms with Crippen molar-refractivity contribution >= 4 is 15.7 Å². The first-order chi connectivity index (χ1) is 13.4. The number of halogens is 1. The molecule has 2 heterocycles. The van der Waals surface area contributed by atoms with Crippen LogP contribution in [0.1, 0.15) is 11.5 Å². The highest BCUT2D eigenvalue weighted by Crippen LogP contribution is 2.33. The van der Waals surface area contributed by atoms with Gasteiger partial charge in [-0.1, -0.05) is 30.3 Å². The average molecular weight is 400 g/mol. The number of aryl methyl sites for hydroxylation is 1. The van der Waals surface area contributed by atoms with Crippen LogP contribution in [-0.2, 0) is 17.1 Å². The average Bonchev–Trinajstić information content (AvgIpc) is 3.32. The number of hydrogen-bond donors (Lipinski definition) is 1. The Morgan fingerprint density at radius 2 is 1.79 bits per heavy atom. The van der Waals surface area contributed by atoms with Crippen LogP contribution in [0.3, 0.4) is 0 Å². The summed E-state index contributed by atoms with van der Waals surface area (Å²) in [6.45, 7) is 0.650. The highest BCUT2D eigenvalue weighted by molar-refractivity contribution is 7.89. The van der Waals surface area contributed by atoms with E-state index in [9.17, 15) is 12.8 Å². The van der Waals surface area contributed by atoms with Crippen molar-refractivity contribution in [2.75, 3.05) is 18.4 Å². The van der Waals surface area contributed by atoms with Gasteiger partial charge in [-0.05, 0) is 29.8 Å². The number of nitrogens with zero attached hydrogens (tertiary/aromatic N) is 3. The van der Waals surface area contributed by atoms with Crippen molar-refractivity contribution in [1.29, 1.82) is 0 Å². The van der Waals surface area contributed by atoms with Gasteiger partial charge in [0.1, 0.15) is 5.82 Å². The molecule has 1 N–H and O–H groups in total. The second-order valence-electron chi connectivity index (χ2n) is 6.97. The van der Waals surface area contributed by atoms with Crippen molar-refractivity contribution in [2.24, 2.45) is 7.05 Å². The predicted octanol–water partition coefficient (Wildman–Crippen LogP) is 2.83. The van der Waals surface area contributed by atoms with E-state index >= 15 is 0 Å². The molecule has 1 aliphatic heterocycles. The van der Waals surface area contributed by atoms with E-state index in [1.165, 1.54) is 29.0 Å². The molecule has 146 valence electrons. The third kappa shape index (κ3) is 3.65. The molecule has 1 aromatic heterocycles. The van der Waals surface area contributed by atoms with E-state index in [2.05, 4.69) is 10.3 Å². The zero-order chi connectivity index (χ0) is 19.7. The number of aromatic nitrogens is 2. The Labute approximate surface area is 163 Å². The predicted molar refractivity (Wildman–Crippen MR) is 105 cm³/mol. The Bertz CT molecular complexity index is 1050. The van der Waals surface area contributed by atoms with Gasteiger partial charge in [0.15, 0.2) is 5.03 Å². The van der Waals surface area contributed by atoms with Gasteiger partial charge < -0.3 is 9.88 Å². The van der Waals surface area contributed by atoms with Gasteiger partial charge in [-0.15, -0.1) is 0 Å². The van der Waals surface area contributed by atoms with Gasteiger partial charge in [0.05, 0.1) is 6.33 Å². The van der Waals surface area contributed by atoms with Crippen LogP contribution in [-0.4, -0.2) is 41.4 Å². The molecule has 1 saturated heterocycles. The molecule has 28 heavy (non-hydrogen) atoms. The summed E-state index contributed by atoms with van der Waals surface area (Å²) in [5.74, 6) is -0.347. The van der Waals surface area contributed by atoms with Gasteiger partial charge in [0, 0.05) is 44.0 Å². The lowest BCUT2D eigenvalue weighted by Crippen LogP contribution is -2.32. The summed E-state index contributed by atoms with van der Waals surface area (Å²) in [5, 5.41) is 3.42. The van der Waals surface area contributed by atoms with E-state index in [4.69, 9.17) is 0 Å². The monoisotopic (exact) mass is 400 g/mol. The quantitative estimate of drug-likeness (QED) is 0.715. The Hall–Kier alpha value is -2.71. The van der Waals surface area contributed by atoms with Gasteiger partial charge in [0.25, 0.3) is 10.0 Å². The molecule has 1 fully saturated rings. The maximum absolute atomic E-state index is 13.2. The van der Waals surface area contributed by atoms with Crippen LogP contribution in [0.5, 0.6) is 0 Å². The fourth-order valence-corrected chi connectivity index (χ4v) is 5.02. The van der Waals surface area contributed by atoms with Gasteiger partial charge >= 0.3 is 0 Å². The molecule has 0 spiro atoms. The minimum atomic E-state index is -3.69. The molecule has 0 saturated carbocycles. The van der Waals surface area contributed by atoms with Crippen LogP contribution in [0, 0.1) is 5.82 Å². The van der Waals surface area contributed by atoms with Crippen LogP contribution in [0.4, 0.5) is 10.1 Å². The van der Waals surface area contributed by atoms with E-state index in [0.29, 0.717) is 13.1 Å². The maximum Gasteiger partial charge on any atom is 0.262 e. The van der Waals surface area contributed by atoms with Gasteiger partial charge in [-0.3, -0.25) is 0 Å². The number of imidazole rings is 1. The maximum atomic E-state index is 13.2. The van der Waals surface area contributed by atoms with Crippen LogP contribution in [0.2, 0.25) is 0 Å². The molecular formula is C20H21FN4O2S. The lowest BCUT2D eigenvalue weighted by molar-refractivity contribution is 0.468. The van der Waals surface area contributed by atoms with Crippen LogP contribution in [0.25, 0.3) is 0 Å². The number of benzene rings is 2. The minimum Gasteiger partial charge on any atom is -0.380 e. The number of sulfonamides is 1. The Kier molecular flexibility index (Phi) is 4.91. The summed E-state index contributed by atoms with van der Waals surface area (Å²) >= 11 is 0. The number of nitrogens with one attached hydrogen (secondary N) is 1. The highest BCUT2D eigenvalue weighted by Gasteiger charge is 2.40. The fraction of sp³-hybridized carbons (Fsp3) is 0.250. The first-order valence-electron chi connectivity index (χ1n) is 8.98. The number of rotatable bonds is 5. The fourth-order valence-electron chi connectivity index (χ4n) is 3.56. The van der Waals surface area contributed by atoms with Crippen molar-refractivity contribution in [3.63, 3.8) is 0 Å². The van der Waals surface area contributed by atoms with E-state index in [-0.39, 0.29) is 22.8 Å². The van der Waals surface area contributed by atoms with Gasteiger partial charge in [-0.25, -0.2) is 17.8 Å². The third-order valence-corrected chi connectivity index (χ3v) is 6.71. The topological polar surface area (TPSA) is 67.2 Å². The standard InChI is InChI=1S/C20H21FN4O2S/c1-24-13-20(22-14-24)28(26,27)25-11-18(15-5-3-2-4-6-15)19(12-25)23-17-9-7-16(21)8-10-17/h2-10,13-14,18-19,23H,11-12H2,1H3/t18-,19+/m1/s1. The molecule has 0 radical (unpaired) electrons. The Morgan fingerprint density at radius 3 is 2.43 bits per heavy atom. The normalized spacial score (nSPS) is 20.4. The summed E-state index contributed by atoms with van der Waals surface area (Å²) in [5.41, 5.74) is 1.81. The number of anilines is 1. The second kappa shape index (κ2) is 7.37. The zero-order valence-corrected chi connectivity index (χ0v) is 16.2. The van der Waals surface area contributed by atoms with Crippen molar-refractivity contribution < 1.29 is 12.8 Å². The molecule has 2 atom stereocenters. The molecule has 2 aromatic carbocycles. The molecule has 0 amide bonds. The summed E-state index contributed by atoms with van der Waals surface area (Å²) in [6.07, 6.45) is 2.99. The second-order valence-corrected chi connectivity index (χ2v) is 8.86. The van der Waals surface area contributed by atoms with Gasteiger partial charge in [-0.2, -0.15) is 4.31 Å². The largest absolute Gasteiger partial charge is 0.380 e. The summed E-state index contributed by atoms with van der Waals surface area (Å²) in [7, 11) is -1.95. The molecule has 0 aliphatic carbocycles. The Balaban J connectivity index is 1.64. The molecule has 4 rings (SSSR count). The van der Waals surface area contributed by atoms with Gasteiger partial charge in [0.2, 0.25) is 0 Å². The van der Waals surface area contributed by atoms with E-state index in [1.54, 1.807) is 23.7 Å². The van der Waals surface area contributed by atoms with Crippen molar-refractivity contribution in [3.05, 3.63) is 78.5 Å². The van der Waals surface area contributed by atoms with E-state index < -0.39 is 10.0 Å². The molecule has 1 aliphatic rings. The Morgan fingerprint density at radius 1 is 1.07 bits per heavy atom. The first kappa shape index (κ1) is 18.6. The smallest absolute Gasteiger partial charge is 0.262 e. The lowest BCUT2D eigenvalue weighted by atomic mass is 9.94. The molecular weight excluding hydrogens is 379 g/mol. The number of hydrogen-bond acceptors (Lipinski definition) is 4. The summed E-state index contributed by atoms with van der Waals surface area (Å²) in [4.78, 5) is 4.02. The van der Waals surface area contributed by atoms with Crippen LogP contribution >= 0.6 is 0 Å². The zero-order valence-electron chi connectivity index (χ0n) is 15.4. The molecule has 8 heteroatoms. The molecule has 3 aromatic rings. The third-order valence-electron chi connectivity index (χ3n) is 5.00. The molecule has 0 unspecified atom stereocenters. The van der Waals surface area contributed by atoms with Crippen LogP contribution in [0.15, 0.2) is 72.1 Å². The van der Waals surface area contributed by atoms with Crippen molar-refractivity contribution in [2.45, 2.75) is 17.0 Å². The molecule has 0 bridgehead atoms. The summed E-state index contributed by atoms with van der Waals surface area (Å²) in [6, 6.07) is 15.8. The SMILES string of the molecule is Cn1cnc(S(=O)(=O)N2C[C@H](Nc3ccc(F)cc3)[C@@H](c3ccccc3)C2)c1. The van der Waals surface area contributed by atoms with E-state index in [0.717, 1.165) is 11.3 Å². The lowest BCUT2D eigenvalue weighted by Gasteiger charge is -2.21. The van der Waals surface area contributed by atoms with E-state index in [1.807, 2.05) is 30.3 Å². The van der Waals surface area contributed by atoms with Crippen LogP contribution < -0.4 is 5.32 Å². The summed E-state index contributed by atoms with van der Waals surface area (Å²) < 4.78 is 42.4. The minimum absolute atomic E-state index is 0.0373. The molecule has 6 nitrogen and oxygen atoms in total. The highest BCUT2D eigenvalue weighted by atomic mass is 32.2. The van der Waals surface area contributed by atoms with Crippen molar-refractivity contribution in [1.82, 2.24) is 13.9 Å². The first-order valence-corrected chi connectivity index (χ1v) is 10.4. The van der Waals surface area contributed by atoms with Crippen molar-refractivity contribution in [3.8, 4) is 0 Å².